The van der Waals surface area contributed by atoms with E-state index in [9.17, 15) is 0 Å². The van der Waals surface area contributed by atoms with E-state index in [0.29, 0.717) is 11.9 Å². The summed E-state index contributed by atoms with van der Waals surface area (Å²) >= 11 is 1.75. The molecule has 1 aliphatic heterocycles. The van der Waals surface area contributed by atoms with Crippen molar-refractivity contribution in [3.05, 3.63) is 40.5 Å². The number of thiazole rings is 1. The standard InChI is InChI=1S/C14H18N4S/c15-13-11(4-3-6-16-13)10-18-8-2-1-5-12(18)14-17-7-9-19-14/h3-4,6-7,9,12H,1-2,5,8,10H2,(H2,15,16)/t12-/m1/s1. The molecular formula is C14H18N4S. The molecule has 0 bridgehead atoms. The molecule has 3 rings (SSSR count). The summed E-state index contributed by atoms with van der Waals surface area (Å²) in [5.41, 5.74) is 7.07. The van der Waals surface area contributed by atoms with Crippen molar-refractivity contribution in [2.45, 2.75) is 31.8 Å². The number of pyridine rings is 1. The number of rotatable bonds is 3. The highest BCUT2D eigenvalue weighted by Crippen LogP contribution is 2.33. The van der Waals surface area contributed by atoms with Gasteiger partial charge in [0.25, 0.3) is 0 Å². The SMILES string of the molecule is Nc1ncccc1CN1CCCC[C@@H]1c1nccs1. The predicted molar refractivity (Wildman–Crippen MR) is 77.8 cm³/mol. The Morgan fingerprint density at radius 2 is 2.26 bits per heavy atom. The van der Waals surface area contributed by atoms with Crippen LogP contribution in [0.4, 0.5) is 5.82 Å². The molecule has 100 valence electrons. The summed E-state index contributed by atoms with van der Waals surface area (Å²) < 4.78 is 0. The number of nitrogen functional groups attached to an aromatic ring is 1. The van der Waals surface area contributed by atoms with Crippen LogP contribution in [-0.2, 0) is 6.54 Å². The van der Waals surface area contributed by atoms with Gasteiger partial charge in [-0.1, -0.05) is 12.5 Å². The van der Waals surface area contributed by atoms with Crippen molar-refractivity contribution in [3.63, 3.8) is 0 Å². The molecule has 2 aromatic rings. The molecule has 0 amide bonds. The number of hydrogen-bond acceptors (Lipinski definition) is 5. The molecule has 1 atom stereocenters. The number of aromatic nitrogens is 2. The average molecular weight is 274 g/mol. The van der Waals surface area contributed by atoms with E-state index in [1.807, 2.05) is 12.3 Å². The number of hydrogen-bond donors (Lipinski definition) is 1. The summed E-state index contributed by atoms with van der Waals surface area (Å²) in [4.78, 5) is 11.1. The Bertz CT molecular complexity index is 526. The lowest BCUT2D eigenvalue weighted by Gasteiger charge is -2.34. The van der Waals surface area contributed by atoms with Gasteiger partial charge in [-0.05, 0) is 25.5 Å². The summed E-state index contributed by atoms with van der Waals surface area (Å²) in [5, 5.41) is 3.28. The van der Waals surface area contributed by atoms with Crippen LogP contribution < -0.4 is 5.73 Å². The molecule has 3 heterocycles. The van der Waals surface area contributed by atoms with E-state index in [2.05, 4.69) is 26.3 Å². The van der Waals surface area contributed by atoms with Crippen molar-refractivity contribution in [1.29, 1.82) is 0 Å². The maximum Gasteiger partial charge on any atom is 0.127 e. The van der Waals surface area contributed by atoms with Gasteiger partial charge in [0.05, 0.1) is 6.04 Å². The topological polar surface area (TPSA) is 55.0 Å². The van der Waals surface area contributed by atoms with E-state index >= 15 is 0 Å². The second kappa shape index (κ2) is 5.67. The van der Waals surface area contributed by atoms with E-state index in [0.717, 1.165) is 18.7 Å². The van der Waals surface area contributed by atoms with E-state index in [1.54, 1.807) is 17.5 Å². The van der Waals surface area contributed by atoms with E-state index in [4.69, 9.17) is 5.73 Å². The summed E-state index contributed by atoms with van der Waals surface area (Å²) in [6.45, 7) is 1.97. The highest BCUT2D eigenvalue weighted by atomic mass is 32.1. The predicted octanol–water partition coefficient (Wildman–Crippen LogP) is 2.85. The molecular weight excluding hydrogens is 256 g/mol. The van der Waals surface area contributed by atoms with E-state index in [-0.39, 0.29) is 0 Å². The molecule has 0 aliphatic carbocycles. The number of piperidine rings is 1. The first kappa shape index (κ1) is 12.6. The van der Waals surface area contributed by atoms with Crippen LogP contribution in [0.1, 0.15) is 35.9 Å². The molecule has 2 N–H and O–H groups in total. The highest BCUT2D eigenvalue weighted by molar-refractivity contribution is 7.09. The fourth-order valence-corrected chi connectivity index (χ4v) is 3.47. The molecule has 0 unspecified atom stereocenters. The lowest BCUT2D eigenvalue weighted by Crippen LogP contribution is -2.33. The van der Waals surface area contributed by atoms with Gasteiger partial charge in [0.1, 0.15) is 10.8 Å². The van der Waals surface area contributed by atoms with Gasteiger partial charge in [0.15, 0.2) is 0 Å². The van der Waals surface area contributed by atoms with Gasteiger partial charge in [-0.25, -0.2) is 9.97 Å². The summed E-state index contributed by atoms with van der Waals surface area (Å²) in [6.07, 6.45) is 7.36. The van der Waals surface area contributed by atoms with Gasteiger partial charge in [0.2, 0.25) is 0 Å². The van der Waals surface area contributed by atoms with E-state index in [1.165, 1.54) is 24.3 Å². The second-order valence-corrected chi connectivity index (χ2v) is 5.83. The quantitative estimate of drug-likeness (QED) is 0.935. The van der Waals surface area contributed by atoms with Crippen molar-refractivity contribution in [2.75, 3.05) is 12.3 Å². The normalized spacial score (nSPS) is 20.5. The molecule has 0 radical (unpaired) electrons. The maximum atomic E-state index is 5.95. The Balaban J connectivity index is 1.80. The van der Waals surface area contributed by atoms with Crippen molar-refractivity contribution in [2.24, 2.45) is 0 Å². The van der Waals surface area contributed by atoms with Crippen molar-refractivity contribution < 1.29 is 0 Å². The van der Waals surface area contributed by atoms with Crippen molar-refractivity contribution in [1.82, 2.24) is 14.9 Å². The van der Waals surface area contributed by atoms with Crippen LogP contribution in [0, 0.1) is 0 Å². The van der Waals surface area contributed by atoms with Gasteiger partial charge >= 0.3 is 0 Å². The van der Waals surface area contributed by atoms with E-state index < -0.39 is 0 Å². The minimum absolute atomic E-state index is 0.438. The summed E-state index contributed by atoms with van der Waals surface area (Å²) in [7, 11) is 0. The van der Waals surface area contributed by atoms with Crippen LogP contribution in [-0.4, -0.2) is 21.4 Å². The minimum Gasteiger partial charge on any atom is -0.383 e. The van der Waals surface area contributed by atoms with Gasteiger partial charge < -0.3 is 5.73 Å². The Morgan fingerprint density at radius 3 is 3.05 bits per heavy atom. The highest BCUT2D eigenvalue weighted by Gasteiger charge is 2.26. The molecule has 1 fully saturated rings. The molecule has 0 spiro atoms. The molecule has 0 aromatic carbocycles. The largest absolute Gasteiger partial charge is 0.383 e. The Hall–Kier alpha value is -1.46. The van der Waals surface area contributed by atoms with Crippen LogP contribution in [0.5, 0.6) is 0 Å². The number of nitrogens with two attached hydrogens (primary N) is 1. The zero-order valence-corrected chi connectivity index (χ0v) is 11.6. The van der Waals surface area contributed by atoms with Crippen LogP contribution in [0.15, 0.2) is 29.9 Å². The first-order valence-electron chi connectivity index (χ1n) is 6.67. The first-order chi connectivity index (χ1) is 9.34. The first-order valence-corrected chi connectivity index (χ1v) is 7.55. The molecule has 5 heteroatoms. The summed E-state index contributed by atoms with van der Waals surface area (Å²) in [6, 6.07) is 4.46. The second-order valence-electron chi connectivity index (χ2n) is 4.90. The number of likely N-dealkylation sites (tertiary alicyclic amines) is 1. The lowest BCUT2D eigenvalue weighted by atomic mass is 10.0. The smallest absolute Gasteiger partial charge is 0.127 e. The average Bonchev–Trinajstić information content (AvgIpc) is 2.96. The van der Waals surface area contributed by atoms with Crippen LogP contribution in [0.25, 0.3) is 0 Å². The lowest BCUT2D eigenvalue weighted by molar-refractivity contribution is 0.140. The van der Waals surface area contributed by atoms with Gasteiger partial charge in [0, 0.05) is 29.9 Å². The van der Waals surface area contributed by atoms with Crippen LogP contribution >= 0.6 is 11.3 Å². The Morgan fingerprint density at radius 1 is 1.32 bits per heavy atom. The fraction of sp³-hybridized carbons (Fsp3) is 0.429. The zero-order valence-electron chi connectivity index (χ0n) is 10.8. The molecule has 4 nitrogen and oxygen atoms in total. The minimum atomic E-state index is 0.438. The monoisotopic (exact) mass is 274 g/mol. The van der Waals surface area contributed by atoms with Crippen molar-refractivity contribution in [3.8, 4) is 0 Å². The summed E-state index contributed by atoms with van der Waals surface area (Å²) in [5.74, 6) is 0.644. The van der Waals surface area contributed by atoms with Gasteiger partial charge in [-0.2, -0.15) is 0 Å². The number of anilines is 1. The molecule has 1 saturated heterocycles. The fourth-order valence-electron chi connectivity index (χ4n) is 2.66. The number of nitrogens with zero attached hydrogens (tertiary/aromatic N) is 3. The van der Waals surface area contributed by atoms with Crippen LogP contribution in [0.2, 0.25) is 0 Å². The third-order valence-corrected chi connectivity index (χ3v) is 4.53. The Kier molecular flexibility index (Phi) is 3.75. The molecule has 1 aliphatic rings. The molecule has 2 aromatic heterocycles. The van der Waals surface area contributed by atoms with Crippen LogP contribution in [0.3, 0.4) is 0 Å². The van der Waals surface area contributed by atoms with Crippen molar-refractivity contribution >= 4 is 17.2 Å². The third kappa shape index (κ3) is 2.77. The third-order valence-electron chi connectivity index (χ3n) is 3.65. The Labute approximate surface area is 117 Å². The maximum absolute atomic E-state index is 5.95. The molecule has 0 saturated carbocycles. The van der Waals surface area contributed by atoms with Gasteiger partial charge in [-0.3, -0.25) is 4.90 Å². The zero-order chi connectivity index (χ0) is 13.1. The molecule has 19 heavy (non-hydrogen) atoms. The van der Waals surface area contributed by atoms with Gasteiger partial charge in [-0.15, -0.1) is 11.3 Å².